The molecule has 0 aromatic rings. The monoisotopic (exact) mass is 2080 g/mol. The predicted octanol–water partition coefficient (Wildman–Crippen LogP) is 16.5. The Hall–Kier alpha value is -9.15. The van der Waals surface area contributed by atoms with Crippen LogP contribution in [0, 0.1) is 29.6 Å². The molecule has 40 heteroatoms. The summed E-state index contributed by atoms with van der Waals surface area (Å²) in [5.41, 5.74) is -6.44. The van der Waals surface area contributed by atoms with Gasteiger partial charge in [-0.25, -0.2) is 24.0 Å². The zero-order valence-corrected chi connectivity index (χ0v) is 92.8. The summed E-state index contributed by atoms with van der Waals surface area (Å²) in [6.07, 6.45) is 20.2. The number of aldehydes is 5. The summed E-state index contributed by atoms with van der Waals surface area (Å²) in [5.74, 6) is -11.6. The Morgan fingerprint density at radius 3 is 0.800 bits per heavy atom. The van der Waals surface area contributed by atoms with Gasteiger partial charge < -0.3 is 71.1 Å². The van der Waals surface area contributed by atoms with Crippen LogP contribution in [0.15, 0.2) is 58.2 Å². The van der Waals surface area contributed by atoms with E-state index in [0.29, 0.717) is 127 Å². The van der Waals surface area contributed by atoms with E-state index in [0.717, 1.165) is 0 Å². The molecule has 12 unspecified atom stereocenters. The predicted molar refractivity (Wildman–Crippen MR) is 539 cm³/mol. The molecule has 0 spiro atoms. The standard InChI is InChI=1S/C22H36O7S.C21H34O7S.C20H32O7S.C19H30O7S.C18H28O7S/c1-8-16(9-2)19(25)28-21(6,15-23)13-18(24)27-22(11-4,12-5)29-20(26)17(10-3)14-30-7;1-7-16(8-2)20(25)28-21(5,14-22)12-18(23)26-11-10-15(4)27-19(24)17(9-3)13-29-6;1-8-14(4)17(23)26-19(6,13-21)11-16(22)25-20(9-2,10-3)27-18(24)15(5)12-28-7;1-7-13(2)18(23)26-19(5,12-20)10-16(21)24-9-8-15(4)25-17(22)14(3)11-27-6;1-8-12(2)15(21)25-18(6,11-19)9-14(20)23-17(4,5)24-16(22)13(3)10-26-7/h8,15,17H,9-14H2,1-7H3;7,14-15,17H,8-13H2,1-6H3;8,13,15H,9-12H2,1-7H3;7,12,14-15H,8-11H2,1-6H3;8,11,13H,9-10H2,1-7H3/b16-8+;16-7+;14-8+;13-7+;12-8+. The first-order chi connectivity index (χ1) is 65.2. The third kappa shape index (κ3) is 57.8. The average Bonchev–Trinajstić information content (AvgIpc) is 0.834. The molecule has 0 N–H and O–H groups in total. The van der Waals surface area contributed by atoms with Crippen molar-refractivity contribution in [3.8, 4) is 0 Å². The molecular formula is C100H160O35S5. The fraction of sp³-hybridized carbons (Fsp3) is 0.700. The Morgan fingerprint density at radius 1 is 0.293 bits per heavy atom. The maximum Gasteiger partial charge on any atom is 0.334 e. The maximum atomic E-state index is 12.6. The van der Waals surface area contributed by atoms with Crippen molar-refractivity contribution in [2.75, 3.05) is 73.3 Å². The van der Waals surface area contributed by atoms with Crippen molar-refractivity contribution in [3.05, 3.63) is 58.2 Å². The van der Waals surface area contributed by atoms with Gasteiger partial charge in [0.25, 0.3) is 17.4 Å². The van der Waals surface area contributed by atoms with Crippen LogP contribution >= 0.6 is 58.8 Å². The molecule has 0 saturated carbocycles. The number of hydrogen-bond donors (Lipinski definition) is 0. The van der Waals surface area contributed by atoms with Crippen LogP contribution in [-0.4, -0.2) is 252 Å². The smallest absolute Gasteiger partial charge is 0.334 e. The van der Waals surface area contributed by atoms with Crippen LogP contribution in [0.3, 0.4) is 0 Å². The Labute approximate surface area is 850 Å². The Morgan fingerprint density at radius 2 is 0.543 bits per heavy atom. The second-order valence-corrected chi connectivity index (χ2v) is 38.8. The first kappa shape index (κ1) is 139. The number of allylic oxidation sites excluding steroid dienone is 5. The number of carbonyl (C=O) groups excluding carboxylic acids is 20. The van der Waals surface area contributed by atoms with Gasteiger partial charge in [-0.3, -0.25) is 71.9 Å². The van der Waals surface area contributed by atoms with Crippen LogP contribution in [0.5, 0.6) is 0 Å². The molecule has 0 aliphatic heterocycles. The van der Waals surface area contributed by atoms with E-state index in [-0.39, 0.29) is 86.8 Å². The summed E-state index contributed by atoms with van der Waals surface area (Å²) in [4.78, 5) is 239. The molecule has 0 rings (SSSR count). The van der Waals surface area contributed by atoms with Crippen molar-refractivity contribution >= 4 is 180 Å². The van der Waals surface area contributed by atoms with Gasteiger partial charge in [0.2, 0.25) is 0 Å². The van der Waals surface area contributed by atoms with Crippen molar-refractivity contribution in [2.45, 2.75) is 348 Å². The van der Waals surface area contributed by atoms with E-state index in [1.165, 1.54) is 96.8 Å². The van der Waals surface area contributed by atoms with Gasteiger partial charge in [-0.2, -0.15) is 58.8 Å². The van der Waals surface area contributed by atoms with E-state index in [1.807, 2.05) is 45.1 Å². The molecule has 0 aliphatic rings. The van der Waals surface area contributed by atoms with E-state index in [9.17, 15) is 95.9 Å². The van der Waals surface area contributed by atoms with Crippen LogP contribution in [0.25, 0.3) is 0 Å². The number of esters is 15. The van der Waals surface area contributed by atoms with Gasteiger partial charge in [-0.05, 0) is 161 Å². The molecule has 35 nitrogen and oxygen atoms in total. The van der Waals surface area contributed by atoms with Gasteiger partial charge in [0, 0.05) is 109 Å². The highest BCUT2D eigenvalue weighted by Crippen LogP contribution is 2.32. The SMILES string of the molecule is C/C=C(\C)C(=O)OC(C)(C=O)CC(=O)OC(C)(C)OC(=O)C(C)CSC.C/C=C(\C)C(=O)OC(C)(C=O)CC(=O)OC(CC)(CC)OC(=O)C(C)CSC.C/C=C(\C)C(=O)OC(C)(C=O)CC(=O)OCCC(C)OC(=O)C(C)CSC.C/C=C(\CC)C(=O)OC(C)(C=O)CC(=O)OC(CC)(CC)OC(=O)C(CC)CSC.C/C=C(\CC)C(=O)OC(C)(C=O)CC(=O)OCCC(C)OC(=O)C(CC)CSC. The number of rotatable bonds is 62. The topological polar surface area (TPSA) is 480 Å². The molecule has 0 bridgehead atoms. The molecule has 140 heavy (non-hydrogen) atoms. The molecule has 0 fully saturated rings. The number of thioether (sulfide) groups is 5. The lowest BCUT2D eigenvalue weighted by Crippen LogP contribution is -2.44. The number of ether oxygens (including phenoxy) is 15. The zero-order valence-electron chi connectivity index (χ0n) is 88.7. The van der Waals surface area contributed by atoms with Crippen LogP contribution in [0.4, 0.5) is 0 Å². The minimum absolute atomic E-state index is 0.0287. The minimum atomic E-state index is -1.68. The number of carbonyl (C=O) groups is 20. The molecule has 0 aromatic heterocycles. The van der Waals surface area contributed by atoms with Crippen molar-refractivity contribution in [1.29, 1.82) is 0 Å². The third-order valence-electron chi connectivity index (χ3n) is 20.7. The first-order valence-electron chi connectivity index (χ1n) is 46.4. The lowest BCUT2D eigenvalue weighted by atomic mass is 10.0. The normalized spacial score (nSPS) is 15.4. The highest BCUT2D eigenvalue weighted by molar-refractivity contribution is 7.99. The van der Waals surface area contributed by atoms with Crippen LogP contribution in [-0.2, 0) is 167 Å². The van der Waals surface area contributed by atoms with Crippen molar-refractivity contribution < 1.29 is 167 Å². The maximum absolute atomic E-state index is 12.6. The first-order valence-corrected chi connectivity index (χ1v) is 53.4. The largest absolute Gasteiger partial charge is 0.465 e. The molecule has 12 atom stereocenters. The molecule has 0 amide bonds. The molecule has 0 radical (unpaired) electrons. The summed E-state index contributed by atoms with van der Waals surface area (Å²) in [5, 5.41) is 0. The quantitative estimate of drug-likeness (QED) is 0.0179. The van der Waals surface area contributed by atoms with Crippen LogP contribution < -0.4 is 0 Å². The van der Waals surface area contributed by atoms with Crippen LogP contribution in [0.1, 0.15) is 290 Å². The van der Waals surface area contributed by atoms with E-state index < -0.39 is 161 Å². The van der Waals surface area contributed by atoms with Gasteiger partial charge in [-0.15, -0.1) is 0 Å². The van der Waals surface area contributed by atoms with E-state index in [2.05, 4.69) is 0 Å². The van der Waals surface area contributed by atoms with Gasteiger partial charge in [0.05, 0.1) is 74.9 Å². The van der Waals surface area contributed by atoms with Crippen LogP contribution in [0.2, 0.25) is 0 Å². The van der Waals surface area contributed by atoms with E-state index in [4.69, 9.17) is 71.1 Å². The fourth-order valence-corrected chi connectivity index (χ4v) is 14.5. The Bertz CT molecular complexity index is 4120. The second-order valence-electron chi connectivity index (χ2n) is 34.3. The van der Waals surface area contributed by atoms with Crippen molar-refractivity contribution in [1.82, 2.24) is 0 Å². The third-order valence-corrected chi connectivity index (χ3v) is 24.7. The molecule has 0 saturated heterocycles. The zero-order chi connectivity index (χ0) is 109. The van der Waals surface area contributed by atoms with Gasteiger partial charge in [0.15, 0.2) is 59.4 Å². The van der Waals surface area contributed by atoms with Gasteiger partial charge in [0.1, 0.15) is 12.2 Å². The number of hydrogen-bond acceptors (Lipinski definition) is 40. The van der Waals surface area contributed by atoms with Gasteiger partial charge in [-0.1, -0.05) is 107 Å². The summed E-state index contributed by atoms with van der Waals surface area (Å²) in [6, 6.07) is 0. The molecule has 800 valence electrons. The van der Waals surface area contributed by atoms with Crippen molar-refractivity contribution in [2.24, 2.45) is 29.6 Å². The molecule has 0 heterocycles. The highest BCUT2D eigenvalue weighted by atomic mass is 32.2. The molecular weight excluding hydrogens is 1920 g/mol. The molecule has 0 aromatic carbocycles. The second kappa shape index (κ2) is 73.0. The minimum Gasteiger partial charge on any atom is -0.465 e. The van der Waals surface area contributed by atoms with E-state index in [1.54, 1.807) is 172 Å². The molecule has 0 aliphatic carbocycles. The van der Waals surface area contributed by atoms with Crippen molar-refractivity contribution in [3.63, 3.8) is 0 Å². The van der Waals surface area contributed by atoms with E-state index >= 15 is 0 Å². The Balaban J connectivity index is -0.000000543. The summed E-state index contributed by atoms with van der Waals surface area (Å²) < 4.78 is 79.1. The lowest BCUT2D eigenvalue weighted by Gasteiger charge is -2.33. The summed E-state index contributed by atoms with van der Waals surface area (Å²) in [6.45, 7) is 45.7. The summed E-state index contributed by atoms with van der Waals surface area (Å²) in [7, 11) is 0. The van der Waals surface area contributed by atoms with Gasteiger partial charge >= 0.3 is 89.5 Å². The highest BCUT2D eigenvalue weighted by Gasteiger charge is 2.45. The Kier molecular flexibility index (Phi) is 72.6. The fourth-order valence-electron chi connectivity index (χ4n) is 11.1. The average molecular weight is 2080 g/mol. The summed E-state index contributed by atoms with van der Waals surface area (Å²) >= 11 is 7.70. The lowest BCUT2D eigenvalue weighted by molar-refractivity contribution is -0.237.